The van der Waals surface area contributed by atoms with Gasteiger partial charge in [0.2, 0.25) is 0 Å². The van der Waals surface area contributed by atoms with Gasteiger partial charge in [-0.3, -0.25) is 4.79 Å². The molecule has 2 rings (SSSR count). The minimum Gasteiger partial charge on any atom is -0.493 e. The van der Waals surface area contributed by atoms with Crippen LogP contribution in [0.15, 0.2) is 18.2 Å². The molecule has 0 unspecified atom stereocenters. The lowest BCUT2D eigenvalue weighted by atomic mass is 10.2. The van der Waals surface area contributed by atoms with Gasteiger partial charge in [0.15, 0.2) is 11.5 Å². The zero-order valence-electron chi connectivity index (χ0n) is 13.6. The number of hydrogen-bond donors (Lipinski definition) is 1. The maximum atomic E-state index is 12.6. The van der Waals surface area contributed by atoms with E-state index in [0.29, 0.717) is 35.8 Å². The van der Waals surface area contributed by atoms with Crippen molar-refractivity contribution in [3.05, 3.63) is 33.0 Å². The first-order chi connectivity index (χ1) is 11.5. The molecule has 0 bridgehead atoms. The predicted octanol–water partition coefficient (Wildman–Crippen LogP) is 2.98. The average Bonchev–Trinajstić information content (AvgIpc) is 2.91. The fourth-order valence-electron chi connectivity index (χ4n) is 2.18. The summed E-state index contributed by atoms with van der Waals surface area (Å²) in [5, 5.41) is 15.8. The number of amides is 1. The number of halogens is 1. The molecule has 0 saturated carbocycles. The summed E-state index contributed by atoms with van der Waals surface area (Å²) < 4.78 is 12.8. The molecule has 0 aliphatic heterocycles. The molecule has 1 amide bonds. The standard InChI is InChI=1S/C16H17IN4O3/c1-10-7-15(21(20-10)6-4-5-18)19-16(22)11-8-13(23-2)14(24-3)9-12(11)17/h7-9H,4,6H2,1-3H3,(H,19,22). The summed E-state index contributed by atoms with van der Waals surface area (Å²) in [7, 11) is 3.07. The Bertz CT molecular complexity index is 795. The van der Waals surface area contributed by atoms with E-state index in [9.17, 15) is 4.79 Å². The Morgan fingerprint density at radius 3 is 2.62 bits per heavy atom. The van der Waals surface area contributed by atoms with Crippen molar-refractivity contribution in [3.8, 4) is 17.6 Å². The lowest BCUT2D eigenvalue weighted by Crippen LogP contribution is -2.17. The molecule has 0 spiro atoms. The van der Waals surface area contributed by atoms with Gasteiger partial charge >= 0.3 is 0 Å². The van der Waals surface area contributed by atoms with Gasteiger partial charge in [-0.05, 0) is 41.6 Å². The molecule has 1 N–H and O–H groups in total. The molecule has 0 saturated heterocycles. The normalized spacial score (nSPS) is 10.1. The molecule has 1 aromatic heterocycles. The first-order valence-electron chi connectivity index (χ1n) is 7.14. The van der Waals surface area contributed by atoms with Crippen molar-refractivity contribution in [2.75, 3.05) is 19.5 Å². The number of ether oxygens (including phenoxy) is 2. The van der Waals surface area contributed by atoms with Crippen molar-refractivity contribution in [2.24, 2.45) is 0 Å². The smallest absolute Gasteiger partial charge is 0.258 e. The molecular formula is C16H17IN4O3. The highest BCUT2D eigenvalue weighted by Gasteiger charge is 2.17. The Morgan fingerprint density at radius 1 is 1.33 bits per heavy atom. The second-order valence-corrected chi connectivity index (χ2v) is 6.11. The Morgan fingerprint density at radius 2 is 2.00 bits per heavy atom. The Hall–Kier alpha value is -2.28. The fourth-order valence-corrected chi connectivity index (χ4v) is 2.87. The van der Waals surface area contributed by atoms with Crippen LogP contribution in [0.1, 0.15) is 22.5 Å². The molecule has 24 heavy (non-hydrogen) atoms. The molecular weight excluding hydrogens is 423 g/mol. The lowest BCUT2D eigenvalue weighted by Gasteiger charge is -2.12. The summed E-state index contributed by atoms with van der Waals surface area (Å²) in [5.74, 6) is 1.32. The number of nitrogens with one attached hydrogen (secondary N) is 1. The van der Waals surface area contributed by atoms with Crippen LogP contribution >= 0.6 is 22.6 Å². The topological polar surface area (TPSA) is 89.2 Å². The average molecular weight is 440 g/mol. The molecule has 0 fully saturated rings. The third-order valence-electron chi connectivity index (χ3n) is 3.30. The number of nitrogens with zero attached hydrogens (tertiary/aromatic N) is 3. The molecule has 1 heterocycles. The van der Waals surface area contributed by atoms with E-state index in [4.69, 9.17) is 14.7 Å². The monoisotopic (exact) mass is 440 g/mol. The molecule has 2 aromatic rings. The summed E-state index contributed by atoms with van der Waals surface area (Å²) in [4.78, 5) is 12.6. The van der Waals surface area contributed by atoms with Gasteiger partial charge in [0, 0.05) is 9.64 Å². The van der Waals surface area contributed by atoms with Crippen LogP contribution in [0, 0.1) is 21.8 Å². The third-order valence-corrected chi connectivity index (χ3v) is 4.19. The molecule has 0 aliphatic rings. The highest BCUT2D eigenvalue weighted by atomic mass is 127. The Kier molecular flexibility index (Phi) is 6.03. The molecule has 126 valence electrons. The van der Waals surface area contributed by atoms with E-state index in [1.54, 1.807) is 30.0 Å². The summed E-state index contributed by atoms with van der Waals surface area (Å²) in [6.45, 7) is 2.25. The maximum Gasteiger partial charge on any atom is 0.258 e. The summed E-state index contributed by atoms with van der Waals surface area (Å²) in [6.07, 6.45) is 0.317. The number of methoxy groups -OCH3 is 2. The number of aromatic nitrogens is 2. The van der Waals surface area contributed by atoms with Crippen molar-refractivity contribution in [2.45, 2.75) is 19.9 Å². The second-order valence-electron chi connectivity index (χ2n) is 4.94. The minimum absolute atomic E-state index is 0.279. The van der Waals surface area contributed by atoms with Gasteiger partial charge < -0.3 is 14.8 Å². The van der Waals surface area contributed by atoms with Crippen molar-refractivity contribution in [1.82, 2.24) is 9.78 Å². The lowest BCUT2D eigenvalue weighted by molar-refractivity contribution is 0.102. The Balaban J connectivity index is 2.29. The van der Waals surface area contributed by atoms with Crippen LogP contribution < -0.4 is 14.8 Å². The number of aryl methyl sites for hydroxylation is 2. The molecule has 0 radical (unpaired) electrons. The number of carbonyl (C=O) groups is 1. The van der Waals surface area contributed by atoms with Crippen LogP contribution in [0.2, 0.25) is 0 Å². The predicted molar refractivity (Wildman–Crippen MR) is 97.4 cm³/mol. The van der Waals surface area contributed by atoms with Gasteiger partial charge in [-0.1, -0.05) is 0 Å². The number of hydrogen-bond acceptors (Lipinski definition) is 5. The van der Waals surface area contributed by atoms with Crippen LogP contribution in [-0.2, 0) is 6.54 Å². The third kappa shape index (κ3) is 3.97. The number of anilines is 1. The summed E-state index contributed by atoms with van der Waals surface area (Å²) in [5.41, 5.74) is 1.24. The van der Waals surface area contributed by atoms with Crippen molar-refractivity contribution in [1.29, 1.82) is 5.26 Å². The van der Waals surface area contributed by atoms with Gasteiger partial charge in [0.25, 0.3) is 5.91 Å². The highest BCUT2D eigenvalue weighted by molar-refractivity contribution is 14.1. The van der Waals surface area contributed by atoms with Crippen molar-refractivity contribution < 1.29 is 14.3 Å². The second kappa shape index (κ2) is 8.01. The molecule has 0 aliphatic carbocycles. The van der Waals surface area contributed by atoms with E-state index in [2.05, 4.69) is 39.1 Å². The number of benzene rings is 1. The maximum absolute atomic E-state index is 12.6. The number of carbonyl (C=O) groups excluding carboxylic acids is 1. The van der Waals surface area contributed by atoms with Crippen molar-refractivity contribution in [3.63, 3.8) is 0 Å². The first kappa shape index (κ1) is 18.1. The first-order valence-corrected chi connectivity index (χ1v) is 8.22. The Labute approximate surface area is 153 Å². The zero-order valence-corrected chi connectivity index (χ0v) is 15.7. The van der Waals surface area contributed by atoms with Gasteiger partial charge in [-0.2, -0.15) is 10.4 Å². The van der Waals surface area contributed by atoms with Crippen LogP contribution in [-0.4, -0.2) is 29.9 Å². The van der Waals surface area contributed by atoms with Crippen LogP contribution in [0.4, 0.5) is 5.82 Å². The summed E-state index contributed by atoms with van der Waals surface area (Å²) in [6, 6.07) is 7.22. The highest BCUT2D eigenvalue weighted by Crippen LogP contribution is 2.31. The quantitative estimate of drug-likeness (QED) is 0.698. The van der Waals surface area contributed by atoms with Gasteiger partial charge in [-0.15, -0.1) is 0 Å². The summed E-state index contributed by atoms with van der Waals surface area (Å²) >= 11 is 2.07. The van der Waals surface area contributed by atoms with Gasteiger partial charge in [0.05, 0.1) is 44.5 Å². The van der Waals surface area contributed by atoms with Crippen LogP contribution in [0.5, 0.6) is 11.5 Å². The number of rotatable bonds is 6. The molecule has 0 atom stereocenters. The molecule has 7 nitrogen and oxygen atoms in total. The van der Waals surface area contributed by atoms with Gasteiger partial charge in [-0.25, -0.2) is 4.68 Å². The van der Waals surface area contributed by atoms with Crippen molar-refractivity contribution >= 4 is 34.3 Å². The van der Waals surface area contributed by atoms with Gasteiger partial charge in [0.1, 0.15) is 5.82 Å². The van der Waals surface area contributed by atoms with Crippen LogP contribution in [0.3, 0.4) is 0 Å². The fraction of sp³-hybridized carbons (Fsp3) is 0.312. The SMILES string of the molecule is COc1cc(I)c(C(=O)Nc2cc(C)nn2CCC#N)cc1OC. The van der Waals surface area contributed by atoms with E-state index in [1.807, 2.05) is 6.92 Å². The van der Waals surface area contributed by atoms with E-state index >= 15 is 0 Å². The van der Waals surface area contributed by atoms with E-state index in [1.165, 1.54) is 7.11 Å². The van der Waals surface area contributed by atoms with E-state index in [0.717, 1.165) is 9.26 Å². The molecule has 8 heteroatoms. The minimum atomic E-state index is -0.279. The number of nitriles is 1. The van der Waals surface area contributed by atoms with E-state index in [-0.39, 0.29) is 5.91 Å². The zero-order chi connectivity index (χ0) is 17.7. The largest absolute Gasteiger partial charge is 0.493 e. The van der Waals surface area contributed by atoms with E-state index < -0.39 is 0 Å². The molecule has 1 aromatic carbocycles. The van der Waals surface area contributed by atoms with Crippen LogP contribution in [0.25, 0.3) is 0 Å².